The molecule has 0 N–H and O–H groups in total. The SMILES string of the molecule is CCc1cccc(-c2cnc3c(c2)C3F)c1F. The van der Waals surface area contributed by atoms with Crippen molar-refractivity contribution in [3.8, 4) is 11.1 Å². The van der Waals surface area contributed by atoms with Crippen molar-refractivity contribution in [1.82, 2.24) is 4.98 Å². The number of rotatable bonds is 2. The second-order valence-electron chi connectivity index (χ2n) is 4.19. The molecule has 3 rings (SSSR count). The third-order valence-corrected chi connectivity index (χ3v) is 3.15. The molecule has 0 radical (unpaired) electrons. The first kappa shape index (κ1) is 10.4. The van der Waals surface area contributed by atoms with E-state index >= 15 is 0 Å². The summed E-state index contributed by atoms with van der Waals surface area (Å²) in [6.45, 7) is 1.91. The Hall–Kier alpha value is -1.77. The lowest BCUT2D eigenvalue weighted by atomic mass is 10.0. The van der Waals surface area contributed by atoms with E-state index in [1.807, 2.05) is 13.0 Å². The molecule has 1 unspecified atom stereocenters. The molecule has 1 atom stereocenters. The quantitative estimate of drug-likeness (QED) is 0.765. The predicted octanol–water partition coefficient (Wildman–Crippen LogP) is 3.82. The van der Waals surface area contributed by atoms with Crippen molar-refractivity contribution in [2.24, 2.45) is 0 Å². The van der Waals surface area contributed by atoms with Crippen LogP contribution in [-0.2, 0) is 6.42 Å². The Balaban J connectivity index is 2.10. The zero-order chi connectivity index (χ0) is 12.0. The van der Waals surface area contributed by atoms with Crippen LogP contribution in [-0.4, -0.2) is 4.98 Å². The van der Waals surface area contributed by atoms with Crippen LogP contribution >= 0.6 is 0 Å². The second kappa shape index (κ2) is 3.62. The summed E-state index contributed by atoms with van der Waals surface area (Å²) in [6.07, 6.45) is 1.14. The smallest absolute Gasteiger partial charge is 0.169 e. The van der Waals surface area contributed by atoms with Gasteiger partial charge in [0.25, 0.3) is 0 Å². The minimum absolute atomic E-state index is 0.229. The molecule has 17 heavy (non-hydrogen) atoms. The number of nitrogens with zero attached hydrogens (tertiary/aromatic N) is 1. The Bertz CT molecular complexity index is 593. The van der Waals surface area contributed by atoms with Gasteiger partial charge in [0.05, 0.1) is 5.69 Å². The van der Waals surface area contributed by atoms with E-state index in [4.69, 9.17) is 0 Å². The van der Waals surface area contributed by atoms with Gasteiger partial charge < -0.3 is 0 Å². The van der Waals surface area contributed by atoms with Gasteiger partial charge in [0.1, 0.15) is 5.82 Å². The molecule has 0 aliphatic heterocycles. The zero-order valence-corrected chi connectivity index (χ0v) is 9.37. The number of alkyl halides is 1. The van der Waals surface area contributed by atoms with Crippen LogP contribution in [0.5, 0.6) is 0 Å². The third-order valence-electron chi connectivity index (χ3n) is 3.15. The van der Waals surface area contributed by atoms with Crippen molar-refractivity contribution >= 4 is 0 Å². The molecule has 0 saturated carbocycles. The van der Waals surface area contributed by atoms with Crippen molar-refractivity contribution in [2.45, 2.75) is 19.5 Å². The van der Waals surface area contributed by atoms with Gasteiger partial charge in [0, 0.05) is 22.9 Å². The minimum Gasteiger partial charge on any atom is -0.257 e. The lowest BCUT2D eigenvalue weighted by Gasteiger charge is -2.06. The first-order valence-electron chi connectivity index (χ1n) is 5.64. The van der Waals surface area contributed by atoms with E-state index in [9.17, 15) is 8.78 Å². The van der Waals surface area contributed by atoms with Crippen LogP contribution in [0, 0.1) is 5.82 Å². The maximum absolute atomic E-state index is 14.1. The van der Waals surface area contributed by atoms with Gasteiger partial charge >= 0.3 is 0 Å². The summed E-state index contributed by atoms with van der Waals surface area (Å²) in [5, 5.41) is 0. The molecule has 86 valence electrons. The van der Waals surface area contributed by atoms with Crippen LogP contribution < -0.4 is 0 Å². The van der Waals surface area contributed by atoms with E-state index in [-0.39, 0.29) is 5.82 Å². The Kier molecular flexibility index (Phi) is 2.21. The lowest BCUT2D eigenvalue weighted by Crippen LogP contribution is -1.91. The number of hydrogen-bond acceptors (Lipinski definition) is 1. The predicted molar refractivity (Wildman–Crippen MR) is 62.0 cm³/mol. The molecular weight excluding hydrogens is 220 g/mol. The van der Waals surface area contributed by atoms with Gasteiger partial charge in [-0.15, -0.1) is 0 Å². The van der Waals surface area contributed by atoms with Crippen molar-refractivity contribution in [3.63, 3.8) is 0 Å². The monoisotopic (exact) mass is 231 g/mol. The van der Waals surface area contributed by atoms with Crippen LogP contribution in [0.2, 0.25) is 0 Å². The Morgan fingerprint density at radius 3 is 2.88 bits per heavy atom. The van der Waals surface area contributed by atoms with Crippen molar-refractivity contribution in [2.75, 3.05) is 0 Å². The van der Waals surface area contributed by atoms with E-state index in [2.05, 4.69) is 4.98 Å². The molecule has 1 aromatic heterocycles. The first-order chi connectivity index (χ1) is 8.22. The molecule has 0 amide bonds. The number of hydrogen-bond donors (Lipinski definition) is 0. The fraction of sp³-hybridized carbons (Fsp3) is 0.214. The van der Waals surface area contributed by atoms with Crippen molar-refractivity contribution in [3.05, 3.63) is 53.1 Å². The summed E-state index contributed by atoms with van der Waals surface area (Å²) in [7, 11) is 0. The summed E-state index contributed by atoms with van der Waals surface area (Å²) in [5.41, 5.74) is 2.89. The summed E-state index contributed by atoms with van der Waals surface area (Å²) in [5.74, 6) is -0.229. The van der Waals surface area contributed by atoms with Crippen LogP contribution in [0.3, 0.4) is 0 Å². The fourth-order valence-corrected chi connectivity index (χ4v) is 2.05. The number of fused-ring (bicyclic) bond motifs is 1. The van der Waals surface area contributed by atoms with E-state index in [0.717, 1.165) is 0 Å². The lowest BCUT2D eigenvalue weighted by molar-refractivity contribution is 0.463. The van der Waals surface area contributed by atoms with Crippen LogP contribution in [0.1, 0.15) is 29.9 Å². The van der Waals surface area contributed by atoms with Gasteiger partial charge in [-0.3, -0.25) is 4.98 Å². The highest BCUT2D eigenvalue weighted by atomic mass is 19.1. The topological polar surface area (TPSA) is 12.9 Å². The maximum atomic E-state index is 14.1. The number of halogens is 2. The van der Waals surface area contributed by atoms with Gasteiger partial charge in [-0.1, -0.05) is 25.1 Å². The van der Waals surface area contributed by atoms with Crippen LogP contribution in [0.15, 0.2) is 30.5 Å². The van der Waals surface area contributed by atoms with Crippen molar-refractivity contribution < 1.29 is 8.78 Å². The molecule has 1 nitrogen and oxygen atoms in total. The number of benzene rings is 1. The molecule has 1 aliphatic rings. The normalized spacial score (nSPS) is 16.8. The molecule has 1 aliphatic carbocycles. The highest BCUT2D eigenvalue weighted by Gasteiger charge is 2.35. The average Bonchev–Trinajstić information content (AvgIpc) is 3.00. The van der Waals surface area contributed by atoms with E-state index in [0.29, 0.717) is 34.4 Å². The van der Waals surface area contributed by atoms with E-state index < -0.39 is 6.17 Å². The molecule has 2 aromatic rings. The van der Waals surface area contributed by atoms with Gasteiger partial charge in [-0.05, 0) is 18.1 Å². The molecule has 0 bridgehead atoms. The van der Waals surface area contributed by atoms with Crippen LogP contribution in [0.25, 0.3) is 11.1 Å². The van der Waals surface area contributed by atoms with Gasteiger partial charge in [-0.2, -0.15) is 0 Å². The molecular formula is C14H11F2N. The zero-order valence-electron chi connectivity index (χ0n) is 9.37. The Morgan fingerprint density at radius 2 is 2.18 bits per heavy atom. The van der Waals surface area contributed by atoms with E-state index in [1.165, 1.54) is 6.20 Å². The molecule has 1 aromatic carbocycles. The summed E-state index contributed by atoms with van der Waals surface area (Å²) in [4.78, 5) is 3.98. The molecule has 0 fully saturated rings. The maximum Gasteiger partial charge on any atom is 0.169 e. The number of pyridine rings is 1. The van der Waals surface area contributed by atoms with Gasteiger partial charge in [0.15, 0.2) is 6.17 Å². The second-order valence-corrected chi connectivity index (χ2v) is 4.19. The highest BCUT2D eigenvalue weighted by Crippen LogP contribution is 2.44. The van der Waals surface area contributed by atoms with Gasteiger partial charge in [0.2, 0.25) is 0 Å². The van der Waals surface area contributed by atoms with Crippen molar-refractivity contribution in [1.29, 1.82) is 0 Å². The third kappa shape index (κ3) is 1.54. The highest BCUT2D eigenvalue weighted by molar-refractivity contribution is 5.67. The first-order valence-corrected chi connectivity index (χ1v) is 5.64. The fourth-order valence-electron chi connectivity index (χ4n) is 2.05. The summed E-state index contributed by atoms with van der Waals surface area (Å²) < 4.78 is 27.2. The van der Waals surface area contributed by atoms with E-state index in [1.54, 1.807) is 18.2 Å². The number of aromatic nitrogens is 1. The molecule has 3 heteroatoms. The molecule has 0 saturated heterocycles. The molecule has 1 heterocycles. The Morgan fingerprint density at radius 1 is 1.35 bits per heavy atom. The standard InChI is InChI=1S/C14H11F2N/c1-2-8-4-3-5-10(12(8)15)9-6-11-13(16)14(11)17-7-9/h3-7,13H,2H2,1H3. The summed E-state index contributed by atoms with van der Waals surface area (Å²) in [6, 6.07) is 6.97. The molecule has 0 spiro atoms. The summed E-state index contributed by atoms with van der Waals surface area (Å²) >= 11 is 0. The Labute approximate surface area is 98.1 Å². The van der Waals surface area contributed by atoms with Gasteiger partial charge in [-0.25, -0.2) is 8.78 Å². The van der Waals surface area contributed by atoms with Crippen LogP contribution in [0.4, 0.5) is 8.78 Å². The minimum atomic E-state index is -1.04. The number of aryl methyl sites for hydroxylation is 1. The average molecular weight is 231 g/mol. The largest absolute Gasteiger partial charge is 0.257 e.